The molecule has 1 aliphatic rings. The molecule has 2 aromatic carbocycles. The molecule has 1 aliphatic heterocycles. The van der Waals surface area contributed by atoms with E-state index in [0.29, 0.717) is 58.9 Å². The fourth-order valence-corrected chi connectivity index (χ4v) is 6.16. The highest BCUT2D eigenvalue weighted by atomic mass is 16.5. The lowest BCUT2D eigenvalue weighted by Crippen LogP contribution is -2.51. The lowest BCUT2D eigenvalue weighted by molar-refractivity contribution is -0.140. The SMILES string of the molecule is COC(=O)Cc1ccc(CN(CCCn2cnc3c(C(C)CCN)nc4ccccc4c32)C(=O)CN2CCN(C(C)=O)CC2)cc1. The fraction of sp³-hybridized carbons (Fsp3) is 0.457. The van der Waals surface area contributed by atoms with E-state index in [9.17, 15) is 14.4 Å². The number of nitrogens with two attached hydrogens (primary N) is 1. The predicted octanol–water partition coefficient (Wildman–Crippen LogP) is 3.34. The topological polar surface area (TPSA) is 127 Å². The van der Waals surface area contributed by atoms with Gasteiger partial charge in [0.15, 0.2) is 0 Å². The molecular formula is C35H45N7O4. The fourth-order valence-electron chi connectivity index (χ4n) is 6.16. The number of pyridine rings is 1. The zero-order valence-electron chi connectivity index (χ0n) is 27.2. The predicted molar refractivity (Wildman–Crippen MR) is 178 cm³/mol. The van der Waals surface area contributed by atoms with Gasteiger partial charge in [-0.05, 0) is 36.6 Å². The number of carbonyl (C=O) groups excluding carboxylic acids is 3. The number of ether oxygens (including phenoxy) is 1. The van der Waals surface area contributed by atoms with Crippen molar-refractivity contribution in [3.05, 3.63) is 71.7 Å². The smallest absolute Gasteiger partial charge is 0.309 e. The van der Waals surface area contributed by atoms with Crippen LogP contribution in [0.2, 0.25) is 0 Å². The summed E-state index contributed by atoms with van der Waals surface area (Å²) in [5.41, 5.74) is 11.6. The van der Waals surface area contributed by atoms with Crippen molar-refractivity contribution < 1.29 is 19.1 Å². The zero-order chi connectivity index (χ0) is 32.6. The van der Waals surface area contributed by atoms with E-state index in [2.05, 4.69) is 22.5 Å². The molecule has 1 fully saturated rings. The van der Waals surface area contributed by atoms with Crippen molar-refractivity contribution in [1.29, 1.82) is 0 Å². The van der Waals surface area contributed by atoms with Crippen LogP contribution in [0, 0.1) is 0 Å². The summed E-state index contributed by atoms with van der Waals surface area (Å²) in [7, 11) is 1.38. The van der Waals surface area contributed by atoms with Crippen LogP contribution in [0.25, 0.3) is 21.9 Å². The number of hydrogen-bond donors (Lipinski definition) is 1. The standard InChI is InChI=1S/C35H45N7O4/c1-25(13-14-36)33-34-35(29-7-4-5-8-30(29)38-33)42(24-37-34)16-6-15-41(22-28-11-9-27(10-12-28)21-32(45)46-3)31(44)23-39-17-19-40(20-18-39)26(2)43/h4-5,7-12,24-25H,6,13-23,36H2,1-3H3. The molecule has 1 atom stereocenters. The largest absolute Gasteiger partial charge is 0.469 e. The second-order valence-electron chi connectivity index (χ2n) is 12.1. The van der Waals surface area contributed by atoms with Crippen molar-refractivity contribution >= 4 is 39.7 Å². The molecule has 46 heavy (non-hydrogen) atoms. The molecule has 11 heteroatoms. The Bertz CT molecular complexity index is 1660. The maximum absolute atomic E-state index is 13.7. The molecule has 0 bridgehead atoms. The van der Waals surface area contributed by atoms with Crippen molar-refractivity contribution in [2.75, 3.05) is 52.9 Å². The van der Waals surface area contributed by atoms with Crippen LogP contribution in [-0.2, 0) is 38.6 Å². The minimum atomic E-state index is -0.286. The number of nitrogens with zero attached hydrogens (tertiary/aromatic N) is 6. The number of rotatable bonds is 13. The molecule has 4 aromatic rings. The van der Waals surface area contributed by atoms with Gasteiger partial charge in [-0.15, -0.1) is 0 Å². The van der Waals surface area contributed by atoms with Crippen molar-refractivity contribution in [1.82, 2.24) is 29.2 Å². The molecule has 244 valence electrons. The second-order valence-corrected chi connectivity index (χ2v) is 12.1. The van der Waals surface area contributed by atoms with Gasteiger partial charge in [0, 0.05) is 64.0 Å². The summed E-state index contributed by atoms with van der Waals surface area (Å²) in [5.74, 6) is 0.0218. The number of aryl methyl sites for hydroxylation is 1. The van der Waals surface area contributed by atoms with E-state index in [1.807, 2.05) is 58.6 Å². The Balaban J connectivity index is 1.33. The number of fused-ring (bicyclic) bond motifs is 3. The minimum absolute atomic E-state index is 0.0537. The first-order valence-electron chi connectivity index (χ1n) is 16.1. The van der Waals surface area contributed by atoms with Crippen molar-refractivity contribution in [2.45, 2.75) is 52.1 Å². The van der Waals surface area contributed by atoms with E-state index in [1.165, 1.54) is 7.11 Å². The zero-order valence-corrected chi connectivity index (χ0v) is 27.2. The normalized spacial score (nSPS) is 14.5. The van der Waals surface area contributed by atoms with Crippen LogP contribution in [0.5, 0.6) is 0 Å². The quantitative estimate of drug-likeness (QED) is 0.224. The van der Waals surface area contributed by atoms with Crippen LogP contribution >= 0.6 is 0 Å². The Hall–Kier alpha value is -4.35. The average Bonchev–Trinajstić information content (AvgIpc) is 3.49. The molecule has 2 amide bonds. The summed E-state index contributed by atoms with van der Waals surface area (Å²) in [6, 6.07) is 15.9. The second kappa shape index (κ2) is 15.3. The van der Waals surface area contributed by atoms with Gasteiger partial charge in [0.2, 0.25) is 11.8 Å². The summed E-state index contributed by atoms with van der Waals surface area (Å²) >= 11 is 0. The molecule has 0 spiro atoms. The third-order valence-electron chi connectivity index (χ3n) is 8.88. The van der Waals surface area contributed by atoms with E-state index >= 15 is 0 Å². The molecule has 0 radical (unpaired) electrons. The van der Waals surface area contributed by atoms with Crippen LogP contribution in [0.3, 0.4) is 0 Å². The van der Waals surface area contributed by atoms with Gasteiger partial charge in [-0.1, -0.05) is 49.4 Å². The van der Waals surface area contributed by atoms with E-state index in [4.69, 9.17) is 20.4 Å². The van der Waals surface area contributed by atoms with Crippen LogP contribution in [0.1, 0.15) is 49.4 Å². The molecule has 0 aliphatic carbocycles. The molecule has 1 saturated heterocycles. The third-order valence-corrected chi connectivity index (χ3v) is 8.88. The summed E-state index contributed by atoms with van der Waals surface area (Å²) in [4.78, 5) is 52.9. The number of carbonyl (C=O) groups is 3. The van der Waals surface area contributed by atoms with Crippen molar-refractivity contribution in [2.24, 2.45) is 5.73 Å². The number of imidazole rings is 1. The molecular weight excluding hydrogens is 582 g/mol. The highest BCUT2D eigenvalue weighted by molar-refractivity contribution is 6.03. The van der Waals surface area contributed by atoms with Gasteiger partial charge in [-0.25, -0.2) is 4.98 Å². The van der Waals surface area contributed by atoms with Crippen LogP contribution < -0.4 is 5.73 Å². The van der Waals surface area contributed by atoms with E-state index in [0.717, 1.165) is 51.6 Å². The Labute approximate surface area is 270 Å². The molecule has 2 aromatic heterocycles. The lowest BCUT2D eigenvalue weighted by Gasteiger charge is -2.35. The minimum Gasteiger partial charge on any atom is -0.469 e. The van der Waals surface area contributed by atoms with Crippen LogP contribution in [0.15, 0.2) is 54.9 Å². The van der Waals surface area contributed by atoms with Gasteiger partial charge in [0.25, 0.3) is 0 Å². The highest BCUT2D eigenvalue weighted by Crippen LogP contribution is 2.31. The lowest BCUT2D eigenvalue weighted by atomic mass is 10.0. The number of methoxy groups -OCH3 is 1. The summed E-state index contributed by atoms with van der Waals surface area (Å²) < 4.78 is 6.98. The Morgan fingerprint density at radius 2 is 1.74 bits per heavy atom. The molecule has 0 saturated carbocycles. The van der Waals surface area contributed by atoms with Crippen molar-refractivity contribution in [3.63, 3.8) is 0 Å². The monoisotopic (exact) mass is 627 g/mol. The number of amides is 2. The first kappa shape index (κ1) is 33.0. The number of piperazine rings is 1. The van der Waals surface area contributed by atoms with E-state index in [-0.39, 0.29) is 30.1 Å². The van der Waals surface area contributed by atoms with Gasteiger partial charge in [0.05, 0.1) is 43.1 Å². The molecule has 5 rings (SSSR count). The molecule has 11 nitrogen and oxygen atoms in total. The van der Waals surface area contributed by atoms with E-state index in [1.54, 1.807) is 6.92 Å². The Morgan fingerprint density at radius 3 is 2.43 bits per heavy atom. The average molecular weight is 628 g/mol. The number of aromatic nitrogens is 3. The first-order chi connectivity index (χ1) is 22.3. The molecule has 2 N–H and O–H groups in total. The van der Waals surface area contributed by atoms with Gasteiger partial charge in [-0.3, -0.25) is 24.3 Å². The molecule has 3 heterocycles. The number of esters is 1. The van der Waals surface area contributed by atoms with Gasteiger partial charge in [0.1, 0.15) is 5.52 Å². The van der Waals surface area contributed by atoms with Gasteiger partial charge >= 0.3 is 5.97 Å². The van der Waals surface area contributed by atoms with Gasteiger partial charge in [-0.2, -0.15) is 0 Å². The summed E-state index contributed by atoms with van der Waals surface area (Å²) in [5, 5.41) is 1.06. The maximum atomic E-state index is 13.7. The highest BCUT2D eigenvalue weighted by Gasteiger charge is 2.24. The molecule has 1 unspecified atom stereocenters. The van der Waals surface area contributed by atoms with Crippen LogP contribution in [0.4, 0.5) is 0 Å². The third kappa shape index (κ3) is 7.89. The first-order valence-corrected chi connectivity index (χ1v) is 16.1. The van der Waals surface area contributed by atoms with E-state index < -0.39 is 0 Å². The maximum Gasteiger partial charge on any atom is 0.309 e. The van der Waals surface area contributed by atoms with Crippen molar-refractivity contribution in [3.8, 4) is 0 Å². The summed E-state index contributed by atoms with van der Waals surface area (Å²) in [6.45, 7) is 8.95. The van der Waals surface area contributed by atoms with Crippen LogP contribution in [-0.4, -0.2) is 99.9 Å². The Kier molecular flexibility index (Phi) is 11.0. The Morgan fingerprint density at radius 1 is 1.02 bits per heavy atom. The number of hydrogen-bond acceptors (Lipinski definition) is 8. The summed E-state index contributed by atoms with van der Waals surface area (Å²) in [6.07, 6.45) is 3.66. The van der Waals surface area contributed by atoms with Gasteiger partial charge < -0.3 is 24.8 Å². The number of para-hydroxylation sites is 1. The number of benzene rings is 2.